The minimum Gasteiger partial charge on any atom is -0.466 e. The van der Waals surface area contributed by atoms with Crippen LogP contribution in [0.15, 0.2) is 29.2 Å². The van der Waals surface area contributed by atoms with Gasteiger partial charge in [0, 0.05) is 30.7 Å². The maximum atomic E-state index is 12.8. The smallest absolute Gasteiger partial charge is 0.309 e. The largest absolute Gasteiger partial charge is 0.466 e. The first-order chi connectivity index (χ1) is 12.9. The number of aromatic nitrogens is 1. The van der Waals surface area contributed by atoms with Crippen molar-refractivity contribution in [3.05, 3.63) is 45.7 Å². The van der Waals surface area contributed by atoms with Crippen LogP contribution in [0.5, 0.6) is 0 Å². The maximum absolute atomic E-state index is 12.8. The van der Waals surface area contributed by atoms with Gasteiger partial charge in [-0.2, -0.15) is 0 Å². The molecule has 1 fully saturated rings. The molecule has 0 saturated carbocycles. The third-order valence-electron chi connectivity index (χ3n) is 5.19. The number of hydrogen-bond donors (Lipinski definition) is 0. The number of likely N-dealkylation sites (tertiary alicyclic amines) is 1. The van der Waals surface area contributed by atoms with Crippen LogP contribution in [0.25, 0.3) is 10.9 Å². The number of esters is 1. The van der Waals surface area contributed by atoms with Gasteiger partial charge in [0.25, 0.3) is 0 Å². The quantitative estimate of drug-likeness (QED) is 0.775. The molecular formula is C21H26N2O4. The highest BCUT2D eigenvalue weighted by Gasteiger charge is 2.28. The van der Waals surface area contributed by atoms with Gasteiger partial charge in [0.2, 0.25) is 5.91 Å². The molecule has 6 nitrogen and oxygen atoms in total. The highest BCUT2D eigenvalue weighted by atomic mass is 16.5. The topological polar surface area (TPSA) is 68.6 Å². The summed E-state index contributed by atoms with van der Waals surface area (Å²) in [5.41, 5.74) is 2.74. The summed E-state index contributed by atoms with van der Waals surface area (Å²) in [5.74, 6) is -0.282. The van der Waals surface area contributed by atoms with E-state index in [4.69, 9.17) is 4.74 Å². The monoisotopic (exact) mass is 370 g/mol. The second-order valence-electron chi connectivity index (χ2n) is 7.19. The van der Waals surface area contributed by atoms with E-state index in [0.717, 1.165) is 16.6 Å². The minimum atomic E-state index is -0.165. The van der Waals surface area contributed by atoms with Gasteiger partial charge in [0.15, 0.2) is 5.43 Å². The predicted molar refractivity (Wildman–Crippen MR) is 104 cm³/mol. The molecule has 27 heavy (non-hydrogen) atoms. The fraction of sp³-hybridized carbons (Fsp3) is 0.476. The van der Waals surface area contributed by atoms with Gasteiger partial charge in [0.05, 0.1) is 18.0 Å². The molecule has 1 aromatic heterocycles. The Morgan fingerprint density at radius 1 is 1.19 bits per heavy atom. The summed E-state index contributed by atoms with van der Waals surface area (Å²) in [6.07, 6.45) is 2.95. The number of ether oxygens (including phenoxy) is 1. The van der Waals surface area contributed by atoms with Crippen LogP contribution in [0.4, 0.5) is 0 Å². The van der Waals surface area contributed by atoms with Crippen LogP contribution in [0.2, 0.25) is 0 Å². The Labute approximate surface area is 158 Å². The Kier molecular flexibility index (Phi) is 5.63. The second-order valence-corrected chi connectivity index (χ2v) is 7.19. The summed E-state index contributed by atoms with van der Waals surface area (Å²) in [7, 11) is 0. The molecule has 144 valence electrons. The molecule has 3 rings (SSSR count). The number of amides is 1. The first kappa shape index (κ1) is 19.1. The lowest BCUT2D eigenvalue weighted by atomic mass is 9.97. The summed E-state index contributed by atoms with van der Waals surface area (Å²) < 4.78 is 6.92. The summed E-state index contributed by atoms with van der Waals surface area (Å²) in [6.45, 7) is 7.38. The van der Waals surface area contributed by atoms with E-state index in [2.05, 4.69) is 0 Å². The number of nitrogens with zero attached hydrogens (tertiary/aromatic N) is 2. The van der Waals surface area contributed by atoms with Crippen LogP contribution < -0.4 is 5.43 Å². The van der Waals surface area contributed by atoms with Gasteiger partial charge >= 0.3 is 5.97 Å². The average molecular weight is 370 g/mol. The van der Waals surface area contributed by atoms with Crippen molar-refractivity contribution in [2.75, 3.05) is 19.7 Å². The first-order valence-corrected chi connectivity index (χ1v) is 9.45. The van der Waals surface area contributed by atoms with E-state index in [1.54, 1.807) is 18.0 Å². The number of hydrogen-bond acceptors (Lipinski definition) is 4. The summed E-state index contributed by atoms with van der Waals surface area (Å²) in [5, 5.41) is 0.664. The Balaban J connectivity index is 1.75. The predicted octanol–water partition coefficient (Wildman–Crippen LogP) is 2.42. The second kappa shape index (κ2) is 7.94. The van der Waals surface area contributed by atoms with E-state index >= 15 is 0 Å². The van der Waals surface area contributed by atoms with E-state index in [1.807, 2.05) is 30.5 Å². The molecule has 0 atom stereocenters. The zero-order valence-corrected chi connectivity index (χ0v) is 16.2. The fourth-order valence-corrected chi connectivity index (χ4v) is 3.82. The van der Waals surface area contributed by atoms with Gasteiger partial charge in [-0.1, -0.05) is 6.07 Å². The Hall–Kier alpha value is -2.63. The van der Waals surface area contributed by atoms with Crippen molar-refractivity contribution >= 4 is 22.8 Å². The van der Waals surface area contributed by atoms with Gasteiger partial charge in [-0.25, -0.2) is 0 Å². The van der Waals surface area contributed by atoms with Crippen molar-refractivity contribution in [3.8, 4) is 0 Å². The van der Waals surface area contributed by atoms with Gasteiger partial charge in [-0.15, -0.1) is 0 Å². The Morgan fingerprint density at radius 2 is 1.89 bits per heavy atom. The lowest BCUT2D eigenvalue weighted by molar-refractivity contribution is -0.151. The molecule has 6 heteroatoms. The Morgan fingerprint density at radius 3 is 2.56 bits per heavy atom. The van der Waals surface area contributed by atoms with Gasteiger partial charge in [-0.05, 0) is 50.8 Å². The molecule has 1 aliphatic heterocycles. The summed E-state index contributed by atoms with van der Waals surface area (Å²) >= 11 is 0. The van der Waals surface area contributed by atoms with Crippen molar-refractivity contribution in [1.82, 2.24) is 9.47 Å². The maximum Gasteiger partial charge on any atom is 0.309 e. The number of rotatable bonds is 4. The molecule has 1 saturated heterocycles. The number of pyridine rings is 1. The molecule has 0 aliphatic carbocycles. The number of piperidine rings is 1. The third kappa shape index (κ3) is 4.04. The lowest BCUT2D eigenvalue weighted by Crippen LogP contribution is -2.42. The van der Waals surface area contributed by atoms with Crippen LogP contribution in [0.1, 0.15) is 30.9 Å². The highest BCUT2D eigenvalue weighted by molar-refractivity contribution is 5.85. The van der Waals surface area contributed by atoms with E-state index in [-0.39, 0.29) is 29.8 Å². The highest BCUT2D eigenvalue weighted by Crippen LogP contribution is 2.21. The number of benzene rings is 1. The Bertz CT molecular complexity index is 924. The lowest BCUT2D eigenvalue weighted by Gasteiger charge is -2.31. The van der Waals surface area contributed by atoms with Gasteiger partial charge < -0.3 is 14.2 Å². The fourth-order valence-electron chi connectivity index (χ4n) is 3.82. The van der Waals surface area contributed by atoms with Crippen LogP contribution in [-0.2, 0) is 20.9 Å². The number of carbonyl (C=O) groups is 2. The van der Waals surface area contributed by atoms with Crippen molar-refractivity contribution in [1.29, 1.82) is 0 Å². The molecule has 2 aromatic rings. The third-order valence-corrected chi connectivity index (χ3v) is 5.19. The van der Waals surface area contributed by atoms with E-state index in [9.17, 15) is 14.4 Å². The molecule has 1 aliphatic rings. The van der Waals surface area contributed by atoms with Crippen LogP contribution >= 0.6 is 0 Å². The molecule has 0 spiro atoms. The number of carbonyl (C=O) groups excluding carboxylic acids is 2. The van der Waals surface area contributed by atoms with E-state index < -0.39 is 0 Å². The molecule has 2 heterocycles. The average Bonchev–Trinajstić information content (AvgIpc) is 2.63. The number of aryl methyl sites for hydroxylation is 2. The molecule has 0 N–H and O–H groups in total. The van der Waals surface area contributed by atoms with Gasteiger partial charge in [-0.3, -0.25) is 14.4 Å². The first-order valence-electron chi connectivity index (χ1n) is 9.45. The van der Waals surface area contributed by atoms with Crippen molar-refractivity contribution in [2.45, 2.75) is 40.2 Å². The molecule has 1 amide bonds. The zero-order chi connectivity index (χ0) is 19.6. The van der Waals surface area contributed by atoms with Crippen LogP contribution in [0.3, 0.4) is 0 Å². The SMILES string of the molecule is CCOC(=O)C1CCN(C(=O)Cn2ccc(=O)c3c(C)cc(C)cc32)CC1. The number of fused-ring (bicyclic) bond motifs is 1. The minimum absolute atomic E-state index is 0.00131. The summed E-state index contributed by atoms with van der Waals surface area (Å²) in [6, 6.07) is 5.45. The van der Waals surface area contributed by atoms with Crippen molar-refractivity contribution in [2.24, 2.45) is 5.92 Å². The normalized spacial score (nSPS) is 15.1. The van der Waals surface area contributed by atoms with Crippen LogP contribution in [-0.4, -0.2) is 41.0 Å². The zero-order valence-electron chi connectivity index (χ0n) is 16.2. The summed E-state index contributed by atoms with van der Waals surface area (Å²) in [4.78, 5) is 38.7. The standard InChI is InChI=1S/C21H26N2O4/c1-4-27-21(26)16-5-8-22(9-6-16)19(25)13-23-10-7-18(24)20-15(3)11-14(2)12-17(20)23/h7,10-12,16H,4-6,8-9,13H2,1-3H3. The van der Waals surface area contributed by atoms with Crippen LogP contribution in [0, 0.1) is 19.8 Å². The molecular weight excluding hydrogens is 344 g/mol. The van der Waals surface area contributed by atoms with E-state index in [0.29, 0.717) is 37.9 Å². The van der Waals surface area contributed by atoms with Gasteiger partial charge in [0.1, 0.15) is 6.54 Å². The molecule has 0 radical (unpaired) electrons. The van der Waals surface area contributed by atoms with Crippen molar-refractivity contribution < 1.29 is 14.3 Å². The van der Waals surface area contributed by atoms with E-state index in [1.165, 1.54) is 6.07 Å². The molecule has 0 unspecified atom stereocenters. The van der Waals surface area contributed by atoms with Crippen molar-refractivity contribution in [3.63, 3.8) is 0 Å². The molecule has 0 bridgehead atoms. The molecule has 1 aromatic carbocycles.